The third-order valence-corrected chi connectivity index (χ3v) is 5.55. The van der Waals surface area contributed by atoms with Crippen LogP contribution in [0.15, 0.2) is 60.0 Å². The van der Waals surface area contributed by atoms with Crippen molar-refractivity contribution in [3.05, 3.63) is 70.5 Å². The highest BCUT2D eigenvalue weighted by Gasteiger charge is 2.18. The van der Waals surface area contributed by atoms with E-state index < -0.39 is 0 Å². The fraction of sp³-hybridized carbons (Fsp3) is 0.286. The second-order valence-electron chi connectivity index (χ2n) is 6.59. The first-order chi connectivity index (χ1) is 12.3. The Morgan fingerprint density at radius 2 is 1.76 bits per heavy atom. The molecule has 1 fully saturated rings. The average Bonchev–Trinajstić information content (AvgIpc) is 3.12. The zero-order chi connectivity index (χ0) is 17.1. The maximum Gasteiger partial charge on any atom is 0.107 e. The molecule has 0 saturated carbocycles. The van der Waals surface area contributed by atoms with Crippen LogP contribution in [-0.4, -0.2) is 36.1 Å². The van der Waals surface area contributed by atoms with Gasteiger partial charge in [-0.3, -0.25) is 4.90 Å². The van der Waals surface area contributed by atoms with Gasteiger partial charge in [0.05, 0.1) is 12.2 Å². The Morgan fingerprint density at radius 3 is 2.52 bits per heavy atom. The number of hydrogen-bond donors (Lipinski definition) is 0. The van der Waals surface area contributed by atoms with E-state index in [9.17, 15) is 0 Å². The van der Waals surface area contributed by atoms with Gasteiger partial charge in [0.25, 0.3) is 0 Å². The molecule has 128 valence electrons. The van der Waals surface area contributed by atoms with Crippen LogP contribution in [0.1, 0.15) is 10.6 Å². The van der Waals surface area contributed by atoms with Gasteiger partial charge in [0.1, 0.15) is 5.01 Å². The van der Waals surface area contributed by atoms with E-state index in [1.165, 1.54) is 21.8 Å². The van der Waals surface area contributed by atoms with Crippen LogP contribution >= 0.6 is 11.3 Å². The molecule has 0 N–H and O–H groups in total. The number of thiazole rings is 1. The lowest BCUT2D eigenvalue weighted by Gasteiger charge is -2.35. The molecular weight excluding hydrogens is 326 g/mol. The minimum Gasteiger partial charge on any atom is -0.369 e. The van der Waals surface area contributed by atoms with Crippen LogP contribution in [0.4, 0.5) is 5.69 Å². The first-order valence-electron chi connectivity index (χ1n) is 8.82. The van der Waals surface area contributed by atoms with Crippen molar-refractivity contribution in [2.45, 2.75) is 13.5 Å². The molecule has 25 heavy (non-hydrogen) atoms. The van der Waals surface area contributed by atoms with E-state index in [0.29, 0.717) is 0 Å². The number of benzene rings is 2. The van der Waals surface area contributed by atoms with E-state index in [-0.39, 0.29) is 0 Å². The molecule has 3 aromatic rings. The molecule has 0 unspecified atom stereocenters. The number of rotatable bonds is 4. The van der Waals surface area contributed by atoms with E-state index in [0.717, 1.165) is 38.4 Å². The number of aryl methyl sites for hydroxylation is 1. The largest absolute Gasteiger partial charge is 0.369 e. The second kappa shape index (κ2) is 7.38. The maximum absolute atomic E-state index is 4.86. The van der Waals surface area contributed by atoms with Gasteiger partial charge >= 0.3 is 0 Å². The van der Waals surface area contributed by atoms with Gasteiger partial charge in [0.15, 0.2) is 0 Å². The number of hydrogen-bond acceptors (Lipinski definition) is 4. The Morgan fingerprint density at radius 1 is 0.960 bits per heavy atom. The first kappa shape index (κ1) is 16.3. The van der Waals surface area contributed by atoms with Gasteiger partial charge in [-0.05, 0) is 25.1 Å². The van der Waals surface area contributed by atoms with Crippen LogP contribution in [0.5, 0.6) is 0 Å². The normalized spacial score (nSPS) is 15.5. The van der Waals surface area contributed by atoms with Gasteiger partial charge in [0.2, 0.25) is 0 Å². The van der Waals surface area contributed by atoms with Crippen molar-refractivity contribution in [1.82, 2.24) is 9.88 Å². The molecule has 1 aliphatic heterocycles. The summed E-state index contributed by atoms with van der Waals surface area (Å²) in [5.41, 5.74) is 4.94. The maximum atomic E-state index is 4.86. The van der Waals surface area contributed by atoms with Gasteiger partial charge in [-0.15, -0.1) is 11.3 Å². The summed E-state index contributed by atoms with van der Waals surface area (Å²) in [5.74, 6) is 0. The summed E-state index contributed by atoms with van der Waals surface area (Å²) in [7, 11) is 0. The van der Waals surface area contributed by atoms with E-state index in [1.54, 1.807) is 11.3 Å². The van der Waals surface area contributed by atoms with E-state index in [2.05, 4.69) is 76.7 Å². The van der Waals surface area contributed by atoms with Crippen LogP contribution in [0.25, 0.3) is 11.3 Å². The number of nitrogens with zero attached hydrogens (tertiary/aromatic N) is 3. The van der Waals surface area contributed by atoms with Crippen molar-refractivity contribution in [3.8, 4) is 11.3 Å². The summed E-state index contributed by atoms with van der Waals surface area (Å²) in [4.78, 5) is 9.84. The molecule has 1 aliphatic rings. The minimum atomic E-state index is 0.957. The fourth-order valence-electron chi connectivity index (χ4n) is 3.31. The number of aromatic nitrogens is 1. The van der Waals surface area contributed by atoms with Crippen molar-refractivity contribution >= 4 is 17.0 Å². The highest BCUT2D eigenvalue weighted by atomic mass is 32.1. The number of piperazine rings is 1. The second-order valence-corrected chi connectivity index (χ2v) is 7.54. The summed E-state index contributed by atoms with van der Waals surface area (Å²) < 4.78 is 0. The molecule has 2 aromatic carbocycles. The van der Waals surface area contributed by atoms with Crippen LogP contribution in [-0.2, 0) is 6.54 Å². The van der Waals surface area contributed by atoms with Crippen molar-refractivity contribution in [2.24, 2.45) is 0 Å². The van der Waals surface area contributed by atoms with Gasteiger partial charge in [-0.2, -0.15) is 0 Å². The Hall–Kier alpha value is -2.17. The predicted octanol–water partition coefficient (Wildman–Crippen LogP) is 4.44. The molecule has 1 saturated heterocycles. The lowest BCUT2D eigenvalue weighted by atomic mass is 10.1. The quantitative estimate of drug-likeness (QED) is 0.694. The third-order valence-electron chi connectivity index (χ3n) is 4.72. The summed E-state index contributed by atoms with van der Waals surface area (Å²) in [6.07, 6.45) is 0. The molecule has 4 rings (SSSR count). The molecule has 0 bridgehead atoms. The lowest BCUT2D eigenvalue weighted by molar-refractivity contribution is 0.249. The van der Waals surface area contributed by atoms with Gasteiger partial charge in [0, 0.05) is 42.8 Å². The molecule has 0 atom stereocenters. The standard InChI is InChI=1S/C21H23N3S/c1-17-6-5-7-18(14-17)20-16-25-21(22-20)15-23-10-12-24(13-11-23)19-8-3-2-4-9-19/h2-9,14,16H,10-13,15H2,1H3. The fourth-order valence-corrected chi connectivity index (χ4v) is 4.16. The van der Waals surface area contributed by atoms with Crippen LogP contribution in [0.3, 0.4) is 0 Å². The molecule has 3 nitrogen and oxygen atoms in total. The van der Waals surface area contributed by atoms with E-state index in [1.807, 2.05) is 0 Å². The Kier molecular flexibility index (Phi) is 4.81. The third kappa shape index (κ3) is 3.91. The molecule has 1 aromatic heterocycles. The molecule has 0 amide bonds. The minimum absolute atomic E-state index is 0.957. The predicted molar refractivity (Wildman–Crippen MR) is 106 cm³/mol. The summed E-state index contributed by atoms with van der Waals surface area (Å²) in [6, 6.07) is 19.3. The molecule has 0 radical (unpaired) electrons. The highest BCUT2D eigenvalue weighted by molar-refractivity contribution is 7.09. The van der Waals surface area contributed by atoms with Crippen molar-refractivity contribution in [1.29, 1.82) is 0 Å². The first-order valence-corrected chi connectivity index (χ1v) is 9.70. The molecule has 2 heterocycles. The molecule has 0 aliphatic carbocycles. The summed E-state index contributed by atoms with van der Waals surface area (Å²) >= 11 is 1.77. The molecular formula is C21H23N3S. The van der Waals surface area contributed by atoms with Gasteiger partial charge in [-0.25, -0.2) is 4.98 Å². The zero-order valence-electron chi connectivity index (χ0n) is 14.6. The van der Waals surface area contributed by atoms with E-state index >= 15 is 0 Å². The topological polar surface area (TPSA) is 19.4 Å². The van der Waals surface area contributed by atoms with Crippen LogP contribution in [0.2, 0.25) is 0 Å². The van der Waals surface area contributed by atoms with Crippen molar-refractivity contribution in [3.63, 3.8) is 0 Å². The average molecular weight is 350 g/mol. The lowest BCUT2D eigenvalue weighted by Crippen LogP contribution is -2.45. The van der Waals surface area contributed by atoms with Crippen LogP contribution in [0, 0.1) is 6.92 Å². The number of anilines is 1. The van der Waals surface area contributed by atoms with Crippen molar-refractivity contribution < 1.29 is 0 Å². The summed E-state index contributed by atoms with van der Waals surface area (Å²) in [6.45, 7) is 7.44. The van der Waals surface area contributed by atoms with Gasteiger partial charge in [-0.1, -0.05) is 42.0 Å². The zero-order valence-corrected chi connectivity index (χ0v) is 15.4. The smallest absolute Gasteiger partial charge is 0.107 e. The highest BCUT2D eigenvalue weighted by Crippen LogP contribution is 2.24. The Bertz CT molecular complexity index is 820. The molecule has 0 spiro atoms. The van der Waals surface area contributed by atoms with Gasteiger partial charge < -0.3 is 4.90 Å². The van der Waals surface area contributed by atoms with Crippen molar-refractivity contribution in [2.75, 3.05) is 31.1 Å². The summed E-state index contributed by atoms with van der Waals surface area (Å²) in [5, 5.41) is 3.40. The molecule has 4 heteroatoms. The SMILES string of the molecule is Cc1cccc(-c2csc(CN3CCN(c4ccccc4)CC3)n2)c1. The van der Waals surface area contributed by atoms with E-state index in [4.69, 9.17) is 4.98 Å². The Balaban J connectivity index is 1.36. The van der Waals surface area contributed by atoms with Crippen LogP contribution < -0.4 is 4.90 Å². The Labute approximate surface area is 153 Å². The number of para-hydroxylation sites is 1. The monoisotopic (exact) mass is 349 g/mol.